The van der Waals surface area contributed by atoms with Gasteiger partial charge in [0.1, 0.15) is 0 Å². The fraction of sp³-hybridized carbons (Fsp3) is 0.182. The van der Waals surface area contributed by atoms with Crippen molar-refractivity contribution in [1.29, 1.82) is 0 Å². The van der Waals surface area contributed by atoms with Crippen LogP contribution in [0.3, 0.4) is 0 Å². The van der Waals surface area contributed by atoms with E-state index in [9.17, 15) is 0 Å². The maximum absolute atomic E-state index is 4.62. The smallest absolute Gasteiger partial charge is 0.651 e. The molecule has 3 aromatic rings. The van der Waals surface area contributed by atoms with Crippen LogP contribution < -0.4 is 0 Å². The van der Waals surface area contributed by atoms with E-state index in [1.165, 1.54) is 0 Å². The van der Waals surface area contributed by atoms with Gasteiger partial charge >= 0.3 is 16.5 Å². The Hall–Kier alpha value is -2.29. The average molecular weight is 386 g/mol. The maximum Gasteiger partial charge on any atom is 2.00 e. The molecule has 0 spiro atoms. The van der Waals surface area contributed by atoms with Gasteiger partial charge in [0.15, 0.2) is 0 Å². The van der Waals surface area contributed by atoms with Gasteiger partial charge in [-0.25, -0.2) is 0 Å². The predicted molar refractivity (Wildman–Crippen MR) is 103 cm³/mol. The van der Waals surface area contributed by atoms with Crippen LogP contribution in [-0.4, -0.2) is 22.1 Å². The molecular weight excluding hydrogens is 365 g/mol. The van der Waals surface area contributed by atoms with E-state index in [4.69, 9.17) is 0 Å². The molecule has 0 bridgehead atoms. The molecule has 0 amide bonds. The van der Waals surface area contributed by atoms with E-state index in [2.05, 4.69) is 47.4 Å². The second kappa shape index (κ2) is 10.0. The van der Waals surface area contributed by atoms with Gasteiger partial charge in [-0.05, 0) is 23.9 Å². The SMILES string of the molecule is CC1C=CC(C)[N-]1.[Ni+2].[c-]1ccccc1-c1cccc(-c2ccccn2)n1. The normalized spacial score (nSPS) is 17.8. The predicted octanol–water partition coefficient (Wildman–Crippen LogP) is 5.32. The second-order valence-corrected chi connectivity index (χ2v) is 5.91. The number of rotatable bonds is 2. The van der Waals surface area contributed by atoms with Crippen LogP contribution in [0.4, 0.5) is 0 Å². The molecule has 134 valence electrons. The van der Waals surface area contributed by atoms with Crippen molar-refractivity contribution in [3.63, 3.8) is 0 Å². The third kappa shape index (κ3) is 5.62. The van der Waals surface area contributed by atoms with Crippen molar-refractivity contribution in [2.75, 3.05) is 0 Å². The van der Waals surface area contributed by atoms with Crippen molar-refractivity contribution in [1.82, 2.24) is 9.97 Å². The maximum atomic E-state index is 4.62. The van der Waals surface area contributed by atoms with Crippen LogP contribution in [0.5, 0.6) is 0 Å². The Kier molecular flexibility index (Phi) is 7.71. The van der Waals surface area contributed by atoms with Crippen LogP contribution in [0.25, 0.3) is 28.0 Å². The Morgan fingerprint density at radius 3 is 2.08 bits per heavy atom. The molecule has 0 saturated heterocycles. The zero-order valence-corrected chi connectivity index (χ0v) is 15.8. The Balaban J connectivity index is 0.000000258. The molecule has 0 radical (unpaired) electrons. The summed E-state index contributed by atoms with van der Waals surface area (Å²) in [6, 6.07) is 23.7. The van der Waals surface area contributed by atoms with Gasteiger partial charge in [0.25, 0.3) is 0 Å². The molecule has 2 aromatic heterocycles. The van der Waals surface area contributed by atoms with E-state index in [1.54, 1.807) is 6.20 Å². The van der Waals surface area contributed by atoms with Crippen LogP contribution in [-0.2, 0) is 16.5 Å². The molecule has 3 heterocycles. The number of hydrogen-bond donors (Lipinski definition) is 0. The van der Waals surface area contributed by atoms with Crippen LogP contribution in [0.1, 0.15) is 13.8 Å². The first-order valence-electron chi connectivity index (χ1n) is 8.46. The quantitative estimate of drug-likeness (QED) is 0.340. The molecule has 1 aliphatic rings. The summed E-state index contributed by atoms with van der Waals surface area (Å²) >= 11 is 0. The Bertz CT molecular complexity index is 754. The minimum atomic E-state index is 0. The third-order valence-corrected chi connectivity index (χ3v) is 3.80. The van der Waals surface area contributed by atoms with Crippen molar-refractivity contribution in [3.05, 3.63) is 90.4 Å². The summed E-state index contributed by atoms with van der Waals surface area (Å²) in [6.07, 6.45) is 6.04. The molecule has 2 unspecified atom stereocenters. The van der Waals surface area contributed by atoms with Crippen molar-refractivity contribution in [3.8, 4) is 22.6 Å². The average Bonchev–Trinajstić information content (AvgIpc) is 3.06. The van der Waals surface area contributed by atoms with E-state index in [-0.39, 0.29) is 16.5 Å². The summed E-state index contributed by atoms with van der Waals surface area (Å²) < 4.78 is 0. The second-order valence-electron chi connectivity index (χ2n) is 5.91. The molecule has 1 aliphatic heterocycles. The van der Waals surface area contributed by atoms with Gasteiger partial charge in [-0.2, -0.15) is 0 Å². The van der Waals surface area contributed by atoms with E-state index in [1.807, 2.05) is 60.7 Å². The minimum Gasteiger partial charge on any atom is -0.651 e. The molecule has 4 heteroatoms. The van der Waals surface area contributed by atoms with Crippen molar-refractivity contribution < 1.29 is 16.5 Å². The van der Waals surface area contributed by atoms with Gasteiger partial charge < -0.3 is 5.32 Å². The molecule has 0 saturated carbocycles. The molecule has 3 nitrogen and oxygen atoms in total. The number of aromatic nitrogens is 2. The molecule has 0 N–H and O–H groups in total. The van der Waals surface area contributed by atoms with Gasteiger partial charge in [0.2, 0.25) is 0 Å². The summed E-state index contributed by atoms with van der Waals surface area (Å²) in [5.41, 5.74) is 3.68. The van der Waals surface area contributed by atoms with E-state index >= 15 is 0 Å². The first-order valence-corrected chi connectivity index (χ1v) is 8.46. The standard InChI is InChI=1S/C16H11N2.C6H10N.Ni/c1-2-7-13(8-3-1)14-10-6-11-16(18-14)15-9-4-5-12-17-15;1-5-3-4-6(2)7-5;/h1-7,9-12H;3-6H,1-2H3;/q2*-1;+2. The van der Waals surface area contributed by atoms with E-state index in [0.29, 0.717) is 12.1 Å². The molecular formula is C22H21N3Ni. The number of nitrogens with zero attached hydrogens (tertiary/aromatic N) is 3. The number of benzene rings is 1. The minimum absolute atomic E-state index is 0. The number of hydrogen-bond acceptors (Lipinski definition) is 2. The molecule has 1 aromatic carbocycles. The van der Waals surface area contributed by atoms with Gasteiger partial charge in [0.05, 0.1) is 11.4 Å². The van der Waals surface area contributed by atoms with Gasteiger partial charge in [0, 0.05) is 6.20 Å². The van der Waals surface area contributed by atoms with Crippen LogP contribution in [0, 0.1) is 6.07 Å². The van der Waals surface area contributed by atoms with Crippen LogP contribution in [0.15, 0.2) is 79.0 Å². The summed E-state index contributed by atoms with van der Waals surface area (Å²) in [7, 11) is 0. The fourth-order valence-electron chi connectivity index (χ4n) is 2.59. The van der Waals surface area contributed by atoms with E-state index < -0.39 is 0 Å². The Labute approximate surface area is 165 Å². The van der Waals surface area contributed by atoms with Gasteiger partial charge in [-0.3, -0.25) is 9.97 Å². The zero-order chi connectivity index (χ0) is 17.5. The summed E-state index contributed by atoms with van der Waals surface area (Å²) in [5, 5.41) is 4.28. The Morgan fingerprint density at radius 1 is 0.808 bits per heavy atom. The topological polar surface area (TPSA) is 39.9 Å². The molecule has 2 atom stereocenters. The summed E-state index contributed by atoms with van der Waals surface area (Å²) in [5.74, 6) is 0. The van der Waals surface area contributed by atoms with Crippen LogP contribution in [0.2, 0.25) is 0 Å². The largest absolute Gasteiger partial charge is 2.00 e. The summed E-state index contributed by atoms with van der Waals surface area (Å²) in [6.45, 7) is 4.19. The Morgan fingerprint density at radius 2 is 1.50 bits per heavy atom. The van der Waals surface area contributed by atoms with Gasteiger partial charge in [-0.1, -0.05) is 32.0 Å². The number of pyridine rings is 2. The molecule has 0 fully saturated rings. The molecule has 26 heavy (non-hydrogen) atoms. The third-order valence-electron chi connectivity index (χ3n) is 3.80. The summed E-state index contributed by atoms with van der Waals surface area (Å²) in [4.78, 5) is 8.93. The first-order chi connectivity index (χ1) is 12.2. The van der Waals surface area contributed by atoms with Gasteiger partial charge in [-0.15, -0.1) is 60.1 Å². The van der Waals surface area contributed by atoms with Crippen molar-refractivity contribution >= 4 is 0 Å². The molecule has 4 rings (SSSR count). The monoisotopic (exact) mass is 385 g/mol. The van der Waals surface area contributed by atoms with Crippen molar-refractivity contribution in [2.24, 2.45) is 0 Å². The van der Waals surface area contributed by atoms with E-state index in [0.717, 1.165) is 22.6 Å². The van der Waals surface area contributed by atoms with Crippen molar-refractivity contribution in [2.45, 2.75) is 25.9 Å². The zero-order valence-electron chi connectivity index (χ0n) is 14.8. The fourth-order valence-corrected chi connectivity index (χ4v) is 2.59. The first kappa shape index (κ1) is 20.0. The molecule has 0 aliphatic carbocycles. The van der Waals surface area contributed by atoms with Crippen LogP contribution >= 0.6 is 0 Å².